The van der Waals surface area contributed by atoms with Gasteiger partial charge in [-0.1, -0.05) is 18.2 Å². The fourth-order valence-electron chi connectivity index (χ4n) is 3.19. The molecule has 0 aliphatic carbocycles. The van der Waals surface area contributed by atoms with E-state index in [0.29, 0.717) is 35.8 Å². The molecular formula is C21H24N2O5. The normalized spacial score (nSPS) is 15.2. The van der Waals surface area contributed by atoms with E-state index < -0.39 is 6.10 Å². The largest absolute Gasteiger partial charge is 0.493 e. The second kappa shape index (κ2) is 8.65. The third kappa shape index (κ3) is 4.03. The number of carbonyl (C=O) groups excluding carboxylic acids is 2. The lowest BCUT2D eigenvalue weighted by Crippen LogP contribution is -2.50. The van der Waals surface area contributed by atoms with E-state index in [1.165, 1.54) is 0 Å². The summed E-state index contributed by atoms with van der Waals surface area (Å²) in [7, 11) is 4.71. The van der Waals surface area contributed by atoms with Crippen LogP contribution < -0.4 is 24.4 Å². The zero-order valence-corrected chi connectivity index (χ0v) is 16.2. The predicted molar refractivity (Wildman–Crippen MR) is 105 cm³/mol. The van der Waals surface area contributed by atoms with Crippen LogP contribution in [0.2, 0.25) is 0 Å². The van der Waals surface area contributed by atoms with Gasteiger partial charge in [0, 0.05) is 13.5 Å². The maximum atomic E-state index is 13.0. The maximum Gasteiger partial charge on any atom is 0.262 e. The van der Waals surface area contributed by atoms with Crippen molar-refractivity contribution in [2.24, 2.45) is 0 Å². The number of nitrogens with zero attached hydrogens (tertiary/aromatic N) is 1. The Balaban J connectivity index is 1.75. The first kappa shape index (κ1) is 19.5. The number of anilines is 1. The SMILES string of the molecule is CNC(=O)[C@@H]1CN(C(=O)CCc2ccc(OC)c(OC)c2)c2ccccc2O1. The number of ether oxygens (including phenoxy) is 3. The lowest BCUT2D eigenvalue weighted by atomic mass is 10.1. The van der Waals surface area contributed by atoms with E-state index in [2.05, 4.69) is 5.32 Å². The zero-order chi connectivity index (χ0) is 20.1. The molecule has 0 unspecified atom stereocenters. The molecule has 1 N–H and O–H groups in total. The molecule has 2 aromatic rings. The molecule has 1 aliphatic rings. The van der Waals surface area contributed by atoms with Crippen molar-refractivity contribution < 1.29 is 23.8 Å². The summed E-state index contributed by atoms with van der Waals surface area (Å²) in [6.45, 7) is 0.182. The van der Waals surface area contributed by atoms with Crippen LogP contribution in [0.5, 0.6) is 17.2 Å². The Morgan fingerprint density at radius 3 is 2.61 bits per heavy atom. The number of carbonyl (C=O) groups is 2. The molecule has 0 bridgehead atoms. The van der Waals surface area contributed by atoms with E-state index >= 15 is 0 Å². The van der Waals surface area contributed by atoms with Crippen molar-refractivity contribution in [3.63, 3.8) is 0 Å². The van der Waals surface area contributed by atoms with Crippen molar-refractivity contribution in [3.8, 4) is 17.2 Å². The minimum atomic E-state index is -0.732. The lowest BCUT2D eigenvalue weighted by Gasteiger charge is -2.34. The number of hydrogen-bond donors (Lipinski definition) is 1. The molecule has 148 valence electrons. The molecular weight excluding hydrogens is 360 g/mol. The molecule has 0 radical (unpaired) electrons. The minimum absolute atomic E-state index is 0.0700. The van der Waals surface area contributed by atoms with Crippen LogP contribution in [0.3, 0.4) is 0 Å². The monoisotopic (exact) mass is 384 g/mol. The number of rotatable bonds is 6. The molecule has 0 spiro atoms. The van der Waals surface area contributed by atoms with Gasteiger partial charge in [0.25, 0.3) is 5.91 Å². The summed E-state index contributed by atoms with van der Waals surface area (Å²) >= 11 is 0. The van der Waals surface area contributed by atoms with Crippen LogP contribution in [0.1, 0.15) is 12.0 Å². The van der Waals surface area contributed by atoms with Crippen LogP contribution in [0.15, 0.2) is 42.5 Å². The molecule has 1 atom stereocenters. The topological polar surface area (TPSA) is 77.1 Å². The van der Waals surface area contributed by atoms with Gasteiger partial charge in [0.2, 0.25) is 5.91 Å². The molecule has 0 aromatic heterocycles. The molecule has 7 heteroatoms. The van der Waals surface area contributed by atoms with Crippen LogP contribution in [0.25, 0.3) is 0 Å². The molecule has 1 heterocycles. The summed E-state index contributed by atoms with van der Waals surface area (Å²) < 4.78 is 16.3. The van der Waals surface area contributed by atoms with Gasteiger partial charge >= 0.3 is 0 Å². The smallest absolute Gasteiger partial charge is 0.262 e. The lowest BCUT2D eigenvalue weighted by molar-refractivity contribution is -0.127. The maximum absolute atomic E-state index is 13.0. The Labute approximate surface area is 164 Å². The van der Waals surface area contributed by atoms with Gasteiger partial charge in [-0.15, -0.1) is 0 Å². The number of amides is 2. The third-order valence-electron chi connectivity index (χ3n) is 4.69. The minimum Gasteiger partial charge on any atom is -0.493 e. The van der Waals surface area contributed by atoms with Gasteiger partial charge in [-0.3, -0.25) is 9.59 Å². The van der Waals surface area contributed by atoms with Gasteiger partial charge in [0.1, 0.15) is 5.75 Å². The van der Waals surface area contributed by atoms with Gasteiger partial charge in [0.15, 0.2) is 17.6 Å². The van der Waals surface area contributed by atoms with Crippen molar-refractivity contribution in [1.29, 1.82) is 0 Å². The average molecular weight is 384 g/mol. The molecule has 0 saturated carbocycles. The zero-order valence-electron chi connectivity index (χ0n) is 16.2. The Bertz CT molecular complexity index is 868. The van der Waals surface area contributed by atoms with E-state index in [1.54, 1.807) is 32.2 Å². The highest BCUT2D eigenvalue weighted by Crippen LogP contribution is 2.34. The average Bonchev–Trinajstić information content (AvgIpc) is 2.75. The van der Waals surface area contributed by atoms with Crippen LogP contribution in [-0.4, -0.2) is 45.7 Å². The molecule has 7 nitrogen and oxygen atoms in total. The number of benzene rings is 2. The predicted octanol–water partition coefficient (Wildman–Crippen LogP) is 2.18. The van der Waals surface area contributed by atoms with E-state index in [1.807, 2.05) is 36.4 Å². The van der Waals surface area contributed by atoms with Crippen LogP contribution >= 0.6 is 0 Å². The molecule has 0 saturated heterocycles. The van der Waals surface area contributed by atoms with E-state index in [-0.39, 0.29) is 18.4 Å². The van der Waals surface area contributed by atoms with Crippen molar-refractivity contribution in [3.05, 3.63) is 48.0 Å². The van der Waals surface area contributed by atoms with Crippen LogP contribution in [0.4, 0.5) is 5.69 Å². The fraction of sp³-hybridized carbons (Fsp3) is 0.333. The fourth-order valence-corrected chi connectivity index (χ4v) is 3.19. The highest BCUT2D eigenvalue weighted by Gasteiger charge is 2.33. The van der Waals surface area contributed by atoms with Gasteiger partial charge < -0.3 is 24.4 Å². The highest BCUT2D eigenvalue weighted by atomic mass is 16.5. The van der Waals surface area contributed by atoms with Gasteiger partial charge in [-0.05, 0) is 36.2 Å². The number of fused-ring (bicyclic) bond motifs is 1. The molecule has 0 fully saturated rings. The summed E-state index contributed by atoms with van der Waals surface area (Å²) in [5, 5.41) is 2.58. The standard InChI is InChI=1S/C21H24N2O5/c1-22-21(25)19-13-23(15-6-4-5-7-16(15)28-19)20(24)11-9-14-8-10-17(26-2)18(12-14)27-3/h4-8,10,12,19H,9,11,13H2,1-3H3,(H,22,25)/t19-/m0/s1. The Morgan fingerprint density at radius 1 is 1.14 bits per heavy atom. The summed E-state index contributed by atoms with van der Waals surface area (Å²) in [6, 6.07) is 12.9. The van der Waals surface area contributed by atoms with Gasteiger partial charge in [0.05, 0.1) is 26.5 Å². The molecule has 2 aromatic carbocycles. The molecule has 28 heavy (non-hydrogen) atoms. The first-order valence-electron chi connectivity index (χ1n) is 9.06. The summed E-state index contributed by atoms with van der Waals surface area (Å²) in [4.78, 5) is 26.6. The van der Waals surface area contributed by atoms with Crippen LogP contribution in [0, 0.1) is 0 Å². The number of methoxy groups -OCH3 is 2. The van der Waals surface area contributed by atoms with E-state index in [0.717, 1.165) is 5.56 Å². The van der Waals surface area contributed by atoms with Crippen molar-refractivity contribution in [2.75, 3.05) is 32.7 Å². The van der Waals surface area contributed by atoms with E-state index in [4.69, 9.17) is 14.2 Å². The number of likely N-dealkylation sites (N-methyl/N-ethyl adjacent to an activating group) is 1. The number of hydrogen-bond acceptors (Lipinski definition) is 5. The Hall–Kier alpha value is -3.22. The first-order valence-corrected chi connectivity index (χ1v) is 9.06. The second-order valence-corrected chi connectivity index (χ2v) is 6.38. The molecule has 1 aliphatic heterocycles. The third-order valence-corrected chi connectivity index (χ3v) is 4.69. The van der Waals surface area contributed by atoms with Crippen molar-refractivity contribution >= 4 is 17.5 Å². The Morgan fingerprint density at radius 2 is 1.89 bits per heavy atom. The quantitative estimate of drug-likeness (QED) is 0.826. The Kier molecular flexibility index (Phi) is 6.03. The van der Waals surface area contributed by atoms with Gasteiger partial charge in [-0.2, -0.15) is 0 Å². The van der Waals surface area contributed by atoms with Crippen LogP contribution in [-0.2, 0) is 16.0 Å². The highest BCUT2D eigenvalue weighted by molar-refractivity contribution is 5.97. The number of para-hydroxylation sites is 2. The number of aryl methyl sites for hydroxylation is 1. The van der Waals surface area contributed by atoms with E-state index in [9.17, 15) is 9.59 Å². The molecule has 2 amide bonds. The summed E-state index contributed by atoms with van der Waals surface area (Å²) in [5.74, 6) is 1.48. The molecule has 3 rings (SSSR count). The summed E-state index contributed by atoms with van der Waals surface area (Å²) in [6.07, 6.45) is 0.109. The summed E-state index contributed by atoms with van der Waals surface area (Å²) in [5.41, 5.74) is 1.65. The van der Waals surface area contributed by atoms with Crippen molar-refractivity contribution in [1.82, 2.24) is 5.32 Å². The van der Waals surface area contributed by atoms with Gasteiger partial charge in [-0.25, -0.2) is 0 Å². The van der Waals surface area contributed by atoms with Crippen molar-refractivity contribution in [2.45, 2.75) is 18.9 Å². The number of nitrogens with one attached hydrogen (secondary N) is 1. The second-order valence-electron chi connectivity index (χ2n) is 6.38. The first-order chi connectivity index (χ1) is 13.6.